The minimum absolute atomic E-state index is 0.0484. The van der Waals surface area contributed by atoms with Crippen molar-refractivity contribution in [3.63, 3.8) is 0 Å². The molecule has 6 nitrogen and oxygen atoms in total. The number of non-ortho nitro benzene ring substituents is 1. The molecule has 0 aliphatic heterocycles. The summed E-state index contributed by atoms with van der Waals surface area (Å²) in [6.45, 7) is 0.600. The van der Waals surface area contributed by atoms with E-state index in [0.29, 0.717) is 29.1 Å². The summed E-state index contributed by atoms with van der Waals surface area (Å²) in [6.07, 6.45) is 4.83. The Hall–Kier alpha value is -2.21. The summed E-state index contributed by atoms with van der Waals surface area (Å²) < 4.78 is 6.06. The molecule has 1 saturated carbocycles. The molecule has 1 fully saturated rings. The van der Waals surface area contributed by atoms with Crippen molar-refractivity contribution >= 4 is 16.6 Å². The molecule has 0 bridgehead atoms. The predicted octanol–water partition coefficient (Wildman–Crippen LogP) is 2.65. The van der Waals surface area contributed by atoms with Gasteiger partial charge in [-0.25, -0.2) is 0 Å². The lowest BCUT2D eigenvalue weighted by Gasteiger charge is -2.20. The average molecular weight is 287 g/mol. The van der Waals surface area contributed by atoms with Gasteiger partial charge < -0.3 is 10.5 Å². The maximum absolute atomic E-state index is 11.1. The molecule has 2 N–H and O–H groups in total. The van der Waals surface area contributed by atoms with Gasteiger partial charge in [-0.3, -0.25) is 15.1 Å². The van der Waals surface area contributed by atoms with Gasteiger partial charge >= 0.3 is 0 Å². The fourth-order valence-electron chi connectivity index (χ4n) is 2.98. The van der Waals surface area contributed by atoms with Crippen LogP contribution in [0, 0.1) is 16.0 Å². The van der Waals surface area contributed by atoms with Gasteiger partial charge in [0.1, 0.15) is 17.4 Å². The molecule has 21 heavy (non-hydrogen) atoms. The van der Waals surface area contributed by atoms with Crippen LogP contribution in [-0.4, -0.2) is 22.6 Å². The Bertz CT molecular complexity index is 674. The lowest BCUT2D eigenvalue weighted by molar-refractivity contribution is -0.383. The summed E-state index contributed by atoms with van der Waals surface area (Å²) in [5, 5.41) is 11.6. The van der Waals surface area contributed by atoms with Crippen LogP contribution in [0.3, 0.4) is 0 Å². The topological polar surface area (TPSA) is 91.3 Å². The molecular weight excluding hydrogens is 270 g/mol. The van der Waals surface area contributed by atoms with Crippen molar-refractivity contribution in [2.45, 2.75) is 25.4 Å². The molecule has 1 aliphatic carbocycles. The molecule has 110 valence electrons. The molecule has 1 aromatic carbocycles. The highest BCUT2D eigenvalue weighted by Gasteiger charge is 2.28. The van der Waals surface area contributed by atoms with Crippen LogP contribution in [0.25, 0.3) is 10.9 Å². The molecule has 1 aromatic heterocycles. The second kappa shape index (κ2) is 5.65. The van der Waals surface area contributed by atoms with Crippen molar-refractivity contribution in [1.29, 1.82) is 0 Å². The Balaban J connectivity index is 2.00. The molecule has 2 aromatic rings. The zero-order chi connectivity index (χ0) is 14.8. The van der Waals surface area contributed by atoms with Gasteiger partial charge in [-0.15, -0.1) is 0 Å². The van der Waals surface area contributed by atoms with Crippen LogP contribution in [0.4, 0.5) is 5.69 Å². The van der Waals surface area contributed by atoms with Crippen LogP contribution >= 0.6 is 0 Å². The van der Waals surface area contributed by atoms with Crippen LogP contribution < -0.4 is 10.5 Å². The van der Waals surface area contributed by atoms with Gasteiger partial charge in [0, 0.05) is 18.2 Å². The number of nitro benzene ring substituents is 1. The van der Waals surface area contributed by atoms with Crippen molar-refractivity contribution in [3.8, 4) is 5.75 Å². The van der Waals surface area contributed by atoms with Gasteiger partial charge in [-0.2, -0.15) is 0 Å². The first-order valence-electron chi connectivity index (χ1n) is 7.09. The number of nitro groups is 1. The summed E-state index contributed by atoms with van der Waals surface area (Å²) in [4.78, 5) is 14.9. The molecule has 1 heterocycles. The second-order valence-electron chi connectivity index (χ2n) is 5.32. The Morgan fingerprint density at radius 1 is 1.38 bits per heavy atom. The van der Waals surface area contributed by atoms with Crippen LogP contribution in [0.15, 0.2) is 30.5 Å². The molecule has 0 radical (unpaired) electrons. The third-order valence-electron chi connectivity index (χ3n) is 4.08. The molecule has 6 heteroatoms. The molecular formula is C15H17N3O3. The highest BCUT2D eigenvalue weighted by Crippen LogP contribution is 2.35. The van der Waals surface area contributed by atoms with E-state index in [0.717, 1.165) is 19.3 Å². The zero-order valence-corrected chi connectivity index (χ0v) is 11.6. The second-order valence-corrected chi connectivity index (χ2v) is 5.32. The fourth-order valence-corrected chi connectivity index (χ4v) is 2.98. The van der Waals surface area contributed by atoms with E-state index in [1.807, 2.05) is 0 Å². The minimum Gasteiger partial charge on any atom is -0.488 e. The van der Waals surface area contributed by atoms with Crippen molar-refractivity contribution in [2.75, 3.05) is 6.54 Å². The molecule has 3 rings (SSSR count). The normalized spacial score (nSPS) is 21.6. The van der Waals surface area contributed by atoms with Gasteiger partial charge in [0.25, 0.3) is 5.69 Å². The maximum Gasteiger partial charge on any atom is 0.279 e. The number of pyridine rings is 1. The number of hydrogen-bond acceptors (Lipinski definition) is 5. The summed E-state index contributed by atoms with van der Waals surface area (Å²) >= 11 is 0. The van der Waals surface area contributed by atoms with E-state index in [4.69, 9.17) is 10.5 Å². The number of nitrogens with two attached hydrogens (primary N) is 1. The van der Waals surface area contributed by atoms with Gasteiger partial charge in [0.05, 0.1) is 10.3 Å². The number of benzene rings is 1. The van der Waals surface area contributed by atoms with Crippen LogP contribution in [0.2, 0.25) is 0 Å². The van der Waals surface area contributed by atoms with E-state index in [-0.39, 0.29) is 11.8 Å². The highest BCUT2D eigenvalue weighted by atomic mass is 16.6. The molecule has 0 amide bonds. The summed E-state index contributed by atoms with van der Waals surface area (Å²) in [7, 11) is 0. The highest BCUT2D eigenvalue weighted by molar-refractivity contribution is 5.92. The number of ether oxygens (including phenoxy) is 1. The van der Waals surface area contributed by atoms with E-state index in [2.05, 4.69) is 4.98 Å². The van der Waals surface area contributed by atoms with E-state index in [9.17, 15) is 10.1 Å². The lowest BCUT2D eigenvalue weighted by atomic mass is 10.1. The summed E-state index contributed by atoms with van der Waals surface area (Å²) in [6, 6.07) is 6.50. The van der Waals surface area contributed by atoms with Gasteiger partial charge in [0.15, 0.2) is 0 Å². The number of fused-ring (bicyclic) bond motifs is 1. The largest absolute Gasteiger partial charge is 0.488 e. The summed E-state index contributed by atoms with van der Waals surface area (Å²) in [5.74, 6) is 0.945. The van der Waals surface area contributed by atoms with Gasteiger partial charge in [0.2, 0.25) is 0 Å². The maximum atomic E-state index is 11.1. The lowest BCUT2D eigenvalue weighted by Crippen LogP contribution is -2.27. The van der Waals surface area contributed by atoms with Crippen molar-refractivity contribution in [2.24, 2.45) is 11.7 Å². The van der Waals surface area contributed by atoms with Crippen molar-refractivity contribution in [1.82, 2.24) is 4.98 Å². The first-order chi connectivity index (χ1) is 10.2. The third-order valence-corrected chi connectivity index (χ3v) is 4.08. The fraction of sp³-hybridized carbons (Fsp3) is 0.400. The Morgan fingerprint density at radius 2 is 2.24 bits per heavy atom. The van der Waals surface area contributed by atoms with E-state index in [1.165, 1.54) is 6.07 Å². The standard InChI is InChI=1S/C15H17N3O3/c16-9-10-3-1-5-13(10)21-14-7-6-12(18(19)20)11-4-2-8-17-15(11)14/h2,4,6-8,10,13H,1,3,5,9,16H2. The van der Waals surface area contributed by atoms with E-state index in [1.54, 1.807) is 24.4 Å². The van der Waals surface area contributed by atoms with Crippen molar-refractivity contribution in [3.05, 3.63) is 40.6 Å². The third kappa shape index (κ3) is 2.54. The first kappa shape index (κ1) is 13.8. The molecule has 2 unspecified atom stereocenters. The van der Waals surface area contributed by atoms with E-state index < -0.39 is 4.92 Å². The minimum atomic E-state index is -0.397. The molecule has 0 saturated heterocycles. The Morgan fingerprint density at radius 3 is 3.00 bits per heavy atom. The number of aromatic nitrogens is 1. The van der Waals surface area contributed by atoms with Gasteiger partial charge in [-0.1, -0.05) is 0 Å². The Kier molecular flexibility index (Phi) is 3.70. The van der Waals surface area contributed by atoms with E-state index >= 15 is 0 Å². The first-order valence-corrected chi connectivity index (χ1v) is 7.09. The van der Waals surface area contributed by atoms with Crippen LogP contribution in [0.5, 0.6) is 5.75 Å². The molecule has 1 aliphatic rings. The SMILES string of the molecule is NCC1CCCC1Oc1ccc([N+](=O)[O-])c2cccnc12. The van der Waals surface area contributed by atoms with Crippen LogP contribution in [0.1, 0.15) is 19.3 Å². The molecule has 2 atom stereocenters. The number of rotatable bonds is 4. The molecule has 0 spiro atoms. The monoisotopic (exact) mass is 287 g/mol. The number of nitrogens with zero attached hydrogens (tertiary/aromatic N) is 2. The Labute approximate surface area is 122 Å². The quantitative estimate of drug-likeness (QED) is 0.689. The van der Waals surface area contributed by atoms with Crippen LogP contribution in [-0.2, 0) is 0 Å². The number of hydrogen-bond donors (Lipinski definition) is 1. The zero-order valence-electron chi connectivity index (χ0n) is 11.6. The van der Waals surface area contributed by atoms with Crippen molar-refractivity contribution < 1.29 is 9.66 Å². The average Bonchev–Trinajstić information content (AvgIpc) is 2.94. The smallest absolute Gasteiger partial charge is 0.279 e. The predicted molar refractivity (Wildman–Crippen MR) is 79.2 cm³/mol. The summed E-state index contributed by atoms with van der Waals surface area (Å²) in [5.41, 5.74) is 6.35. The van der Waals surface area contributed by atoms with Gasteiger partial charge in [-0.05, 0) is 44.0 Å².